The average molecular weight is 244 g/mol. The average Bonchev–Trinajstić information content (AvgIpc) is 2.57. The van der Waals surface area contributed by atoms with Gasteiger partial charge < -0.3 is 14.6 Å². The van der Waals surface area contributed by atoms with Crippen LogP contribution in [0.4, 0.5) is 0 Å². The molecule has 0 aromatic carbocycles. The molecule has 0 aromatic heterocycles. The van der Waals surface area contributed by atoms with Crippen LogP contribution in [0, 0.1) is 11.3 Å². The second kappa shape index (κ2) is 5.49. The van der Waals surface area contributed by atoms with Crippen molar-refractivity contribution < 1.29 is 24.2 Å². The van der Waals surface area contributed by atoms with Crippen LogP contribution in [0.3, 0.4) is 0 Å². The van der Waals surface area contributed by atoms with Crippen molar-refractivity contribution in [2.45, 2.75) is 39.7 Å². The van der Waals surface area contributed by atoms with Crippen molar-refractivity contribution in [1.82, 2.24) is 0 Å². The first kappa shape index (κ1) is 14.0. The first-order chi connectivity index (χ1) is 7.97. The molecule has 0 bridgehead atoms. The smallest absolute Gasteiger partial charge is 0.323 e. The summed E-state index contributed by atoms with van der Waals surface area (Å²) in [4.78, 5) is 23.9. The number of carbonyl (C=O) groups is 2. The molecule has 0 aliphatic heterocycles. The van der Waals surface area contributed by atoms with Gasteiger partial charge in [-0.1, -0.05) is 6.92 Å². The zero-order chi connectivity index (χ0) is 13.1. The Bertz CT molecular complexity index is 269. The van der Waals surface area contributed by atoms with Crippen LogP contribution in [0.5, 0.6) is 0 Å². The number of aliphatic hydroxyl groups is 1. The van der Waals surface area contributed by atoms with Crippen molar-refractivity contribution in [2.75, 3.05) is 13.2 Å². The second-order valence-corrected chi connectivity index (χ2v) is 4.48. The minimum atomic E-state index is -1.31. The molecule has 98 valence electrons. The minimum absolute atomic E-state index is 0.0891. The Balaban J connectivity index is 2.94. The Morgan fingerprint density at radius 2 is 1.65 bits per heavy atom. The van der Waals surface area contributed by atoms with E-state index < -0.39 is 23.5 Å². The molecule has 5 heteroatoms. The zero-order valence-corrected chi connectivity index (χ0v) is 10.6. The van der Waals surface area contributed by atoms with Crippen molar-refractivity contribution in [1.29, 1.82) is 0 Å². The lowest BCUT2D eigenvalue weighted by Gasteiger charge is -2.24. The molecule has 5 nitrogen and oxygen atoms in total. The van der Waals surface area contributed by atoms with Crippen molar-refractivity contribution >= 4 is 11.9 Å². The number of ether oxygens (including phenoxy) is 2. The summed E-state index contributed by atoms with van der Waals surface area (Å²) in [6.07, 6.45) is -0.290. The molecule has 1 N–H and O–H groups in total. The van der Waals surface area contributed by atoms with Crippen LogP contribution in [0.15, 0.2) is 0 Å². The molecular weight excluding hydrogens is 224 g/mol. The maximum Gasteiger partial charge on any atom is 0.323 e. The van der Waals surface area contributed by atoms with Gasteiger partial charge in [0.05, 0.1) is 19.3 Å². The van der Waals surface area contributed by atoms with Gasteiger partial charge in [0, 0.05) is 6.42 Å². The van der Waals surface area contributed by atoms with Crippen LogP contribution >= 0.6 is 0 Å². The Morgan fingerprint density at radius 1 is 1.18 bits per heavy atom. The summed E-state index contributed by atoms with van der Waals surface area (Å²) in [6.45, 7) is 5.61. The van der Waals surface area contributed by atoms with Gasteiger partial charge in [-0.3, -0.25) is 9.59 Å². The molecule has 0 amide bonds. The molecule has 0 spiro atoms. The van der Waals surface area contributed by atoms with E-state index >= 15 is 0 Å². The predicted molar refractivity (Wildman–Crippen MR) is 60.1 cm³/mol. The quantitative estimate of drug-likeness (QED) is 0.587. The van der Waals surface area contributed by atoms with Crippen LogP contribution in [0.25, 0.3) is 0 Å². The third-order valence-electron chi connectivity index (χ3n) is 3.22. The number of esters is 2. The van der Waals surface area contributed by atoms with E-state index in [0.717, 1.165) is 0 Å². The molecule has 2 atom stereocenters. The molecule has 1 rings (SSSR count). The van der Waals surface area contributed by atoms with E-state index in [4.69, 9.17) is 9.47 Å². The van der Waals surface area contributed by atoms with Gasteiger partial charge >= 0.3 is 11.9 Å². The van der Waals surface area contributed by atoms with Gasteiger partial charge in [0.15, 0.2) is 5.41 Å². The van der Waals surface area contributed by atoms with Crippen LogP contribution in [0.2, 0.25) is 0 Å². The Labute approximate surface area is 101 Å². The maximum absolute atomic E-state index is 11.9. The van der Waals surface area contributed by atoms with E-state index in [-0.39, 0.29) is 32.0 Å². The molecule has 1 aliphatic rings. The lowest BCUT2D eigenvalue weighted by atomic mass is 9.85. The highest BCUT2D eigenvalue weighted by Gasteiger charge is 2.56. The second-order valence-electron chi connectivity index (χ2n) is 4.48. The van der Waals surface area contributed by atoms with Gasteiger partial charge in [0.2, 0.25) is 0 Å². The monoisotopic (exact) mass is 244 g/mol. The number of aliphatic hydroxyl groups excluding tert-OH is 1. The highest BCUT2D eigenvalue weighted by atomic mass is 16.6. The molecule has 0 aromatic rings. The van der Waals surface area contributed by atoms with Crippen LogP contribution in [-0.4, -0.2) is 36.4 Å². The van der Waals surface area contributed by atoms with Crippen molar-refractivity contribution in [3.05, 3.63) is 0 Å². The van der Waals surface area contributed by atoms with Gasteiger partial charge in [0.25, 0.3) is 0 Å². The third-order valence-corrected chi connectivity index (χ3v) is 3.22. The Hall–Kier alpha value is -1.10. The summed E-state index contributed by atoms with van der Waals surface area (Å²) in [5.74, 6) is -1.27. The lowest BCUT2D eigenvalue weighted by molar-refractivity contribution is -0.172. The van der Waals surface area contributed by atoms with E-state index in [9.17, 15) is 14.7 Å². The van der Waals surface area contributed by atoms with Crippen molar-refractivity contribution in [3.63, 3.8) is 0 Å². The van der Waals surface area contributed by atoms with Crippen LogP contribution < -0.4 is 0 Å². The molecule has 1 aliphatic carbocycles. The number of carbonyl (C=O) groups excluding carboxylic acids is 2. The van der Waals surface area contributed by atoms with Crippen molar-refractivity contribution in [3.8, 4) is 0 Å². The molecule has 0 saturated heterocycles. The molecule has 0 heterocycles. The zero-order valence-electron chi connectivity index (χ0n) is 10.6. The Morgan fingerprint density at radius 3 is 1.94 bits per heavy atom. The fraction of sp³-hybridized carbons (Fsp3) is 0.833. The summed E-state index contributed by atoms with van der Waals surface area (Å²) >= 11 is 0. The minimum Gasteiger partial charge on any atom is -0.465 e. The van der Waals surface area contributed by atoms with E-state index in [1.54, 1.807) is 13.8 Å². The molecule has 0 unspecified atom stereocenters. The number of hydrogen-bond donors (Lipinski definition) is 1. The summed E-state index contributed by atoms with van der Waals surface area (Å²) in [5, 5.41) is 9.75. The fourth-order valence-electron chi connectivity index (χ4n) is 2.28. The number of rotatable bonds is 4. The first-order valence-corrected chi connectivity index (χ1v) is 6.00. The van der Waals surface area contributed by atoms with Crippen LogP contribution in [-0.2, 0) is 19.1 Å². The summed E-state index contributed by atoms with van der Waals surface area (Å²) < 4.78 is 9.88. The molecule has 17 heavy (non-hydrogen) atoms. The summed E-state index contributed by atoms with van der Waals surface area (Å²) in [6, 6.07) is 0. The maximum atomic E-state index is 11.9. The van der Waals surface area contributed by atoms with Gasteiger partial charge in [-0.2, -0.15) is 0 Å². The molecule has 0 radical (unpaired) electrons. The normalized spacial score (nSPS) is 26.6. The number of hydrogen-bond acceptors (Lipinski definition) is 5. The highest BCUT2D eigenvalue weighted by Crippen LogP contribution is 2.43. The standard InChI is InChI=1S/C12H20O5/c1-4-16-10(14)12(11(15)17-5-2)6-8(3)9(13)7-12/h8-9,13H,4-7H2,1-3H3/t8-,9+/m0/s1. The molecular formula is C12H20O5. The summed E-state index contributed by atoms with van der Waals surface area (Å²) in [7, 11) is 0. The fourth-order valence-corrected chi connectivity index (χ4v) is 2.28. The summed E-state index contributed by atoms with van der Waals surface area (Å²) in [5.41, 5.74) is -1.31. The highest BCUT2D eigenvalue weighted by molar-refractivity contribution is 6.00. The Kier molecular flexibility index (Phi) is 4.51. The van der Waals surface area contributed by atoms with E-state index in [1.165, 1.54) is 0 Å². The van der Waals surface area contributed by atoms with E-state index in [2.05, 4.69) is 0 Å². The van der Waals surface area contributed by atoms with Gasteiger partial charge in [-0.25, -0.2) is 0 Å². The van der Waals surface area contributed by atoms with Gasteiger partial charge in [-0.05, 0) is 26.2 Å². The van der Waals surface area contributed by atoms with E-state index in [0.29, 0.717) is 0 Å². The largest absolute Gasteiger partial charge is 0.465 e. The molecule has 1 fully saturated rings. The lowest BCUT2D eigenvalue weighted by Crippen LogP contribution is -2.40. The van der Waals surface area contributed by atoms with Gasteiger partial charge in [0.1, 0.15) is 0 Å². The third kappa shape index (κ3) is 2.60. The SMILES string of the molecule is CCOC(=O)C1(C(=O)OCC)C[C@@H](O)[C@@H](C)C1. The van der Waals surface area contributed by atoms with Crippen molar-refractivity contribution in [2.24, 2.45) is 11.3 Å². The van der Waals surface area contributed by atoms with Gasteiger partial charge in [-0.15, -0.1) is 0 Å². The predicted octanol–water partition coefficient (Wildman–Crippen LogP) is 0.890. The van der Waals surface area contributed by atoms with Crippen LogP contribution in [0.1, 0.15) is 33.6 Å². The van der Waals surface area contributed by atoms with E-state index in [1.807, 2.05) is 6.92 Å². The topological polar surface area (TPSA) is 72.8 Å². The molecule has 1 saturated carbocycles. The first-order valence-electron chi connectivity index (χ1n) is 6.00.